The van der Waals surface area contributed by atoms with Crippen molar-refractivity contribution in [2.75, 3.05) is 13.1 Å². The molecule has 3 heterocycles. The van der Waals surface area contributed by atoms with Crippen LogP contribution in [-0.2, 0) is 6.42 Å². The van der Waals surface area contributed by atoms with Crippen LogP contribution < -0.4 is 0 Å². The molecule has 0 N–H and O–H groups in total. The zero-order chi connectivity index (χ0) is 14.5. The van der Waals surface area contributed by atoms with Crippen molar-refractivity contribution in [1.82, 2.24) is 14.9 Å². The van der Waals surface area contributed by atoms with Crippen LogP contribution in [0.15, 0.2) is 49.1 Å². The molecule has 1 aliphatic rings. The lowest BCUT2D eigenvalue weighted by atomic mass is 9.90. The summed E-state index contributed by atoms with van der Waals surface area (Å²) in [6.07, 6.45) is 10.2. The molecule has 21 heavy (non-hydrogen) atoms. The molecule has 1 amide bonds. The third-order valence-electron chi connectivity index (χ3n) is 4.10. The molecule has 0 unspecified atom stereocenters. The zero-order valence-corrected chi connectivity index (χ0v) is 12.0. The quantitative estimate of drug-likeness (QED) is 0.868. The minimum Gasteiger partial charge on any atom is -0.339 e. The van der Waals surface area contributed by atoms with Gasteiger partial charge < -0.3 is 4.90 Å². The van der Waals surface area contributed by atoms with Crippen molar-refractivity contribution in [2.45, 2.75) is 19.3 Å². The molecule has 2 aromatic heterocycles. The first-order valence-electron chi connectivity index (χ1n) is 7.41. The van der Waals surface area contributed by atoms with Crippen LogP contribution in [0.3, 0.4) is 0 Å². The van der Waals surface area contributed by atoms with Gasteiger partial charge in [-0.25, -0.2) is 0 Å². The van der Waals surface area contributed by atoms with Gasteiger partial charge in [0.1, 0.15) is 0 Å². The van der Waals surface area contributed by atoms with Crippen LogP contribution in [0, 0.1) is 5.92 Å². The maximum absolute atomic E-state index is 12.4. The molecule has 0 spiro atoms. The standard InChI is InChI=1S/C17H19N3O/c21-17(16-3-9-19-10-4-16)20-11-5-15(6-12-20)13-14-1-7-18-8-2-14/h1-4,7-10,15H,5-6,11-13H2. The van der Waals surface area contributed by atoms with Crippen molar-refractivity contribution >= 4 is 5.91 Å². The van der Waals surface area contributed by atoms with Gasteiger partial charge in [-0.15, -0.1) is 0 Å². The molecular weight excluding hydrogens is 262 g/mol. The van der Waals surface area contributed by atoms with Gasteiger partial charge >= 0.3 is 0 Å². The highest BCUT2D eigenvalue weighted by molar-refractivity contribution is 5.94. The van der Waals surface area contributed by atoms with Crippen molar-refractivity contribution in [3.8, 4) is 0 Å². The topological polar surface area (TPSA) is 46.1 Å². The Kier molecular flexibility index (Phi) is 4.24. The summed E-state index contributed by atoms with van der Waals surface area (Å²) in [5.74, 6) is 0.786. The second-order valence-corrected chi connectivity index (χ2v) is 5.53. The SMILES string of the molecule is O=C(c1ccncc1)N1CCC(Cc2ccncc2)CC1. The summed E-state index contributed by atoms with van der Waals surface area (Å²) in [6.45, 7) is 1.69. The van der Waals surface area contributed by atoms with Crippen LogP contribution >= 0.6 is 0 Å². The third kappa shape index (κ3) is 3.45. The molecule has 1 fully saturated rings. The van der Waals surface area contributed by atoms with Gasteiger partial charge in [0, 0.05) is 43.4 Å². The predicted molar refractivity (Wildman–Crippen MR) is 80.8 cm³/mol. The van der Waals surface area contributed by atoms with E-state index in [4.69, 9.17) is 0 Å². The Morgan fingerprint density at radius 3 is 2.19 bits per heavy atom. The van der Waals surface area contributed by atoms with E-state index < -0.39 is 0 Å². The van der Waals surface area contributed by atoms with E-state index in [1.807, 2.05) is 17.3 Å². The van der Waals surface area contributed by atoms with Gasteiger partial charge in [0.25, 0.3) is 5.91 Å². The second kappa shape index (κ2) is 6.48. The minimum absolute atomic E-state index is 0.125. The monoisotopic (exact) mass is 281 g/mol. The Morgan fingerprint density at radius 1 is 1.00 bits per heavy atom. The van der Waals surface area contributed by atoms with Crippen molar-refractivity contribution in [3.63, 3.8) is 0 Å². The molecule has 3 rings (SSSR count). The molecule has 0 atom stereocenters. The molecule has 0 aliphatic carbocycles. The summed E-state index contributed by atoms with van der Waals surface area (Å²) in [4.78, 5) is 22.3. The average molecular weight is 281 g/mol. The fourth-order valence-corrected chi connectivity index (χ4v) is 2.87. The second-order valence-electron chi connectivity index (χ2n) is 5.53. The van der Waals surface area contributed by atoms with Gasteiger partial charge in [0.05, 0.1) is 0 Å². The molecule has 4 heteroatoms. The van der Waals surface area contributed by atoms with E-state index in [0.29, 0.717) is 5.92 Å². The highest BCUT2D eigenvalue weighted by atomic mass is 16.2. The summed E-state index contributed by atoms with van der Waals surface area (Å²) < 4.78 is 0. The summed E-state index contributed by atoms with van der Waals surface area (Å²) in [6, 6.07) is 7.72. The van der Waals surface area contributed by atoms with Crippen LogP contribution in [0.25, 0.3) is 0 Å². The molecule has 1 saturated heterocycles. The number of hydrogen-bond donors (Lipinski definition) is 0. The van der Waals surface area contributed by atoms with Gasteiger partial charge in [-0.05, 0) is 55.0 Å². The Bertz CT molecular complexity index is 577. The van der Waals surface area contributed by atoms with E-state index >= 15 is 0 Å². The first-order chi connectivity index (χ1) is 10.3. The third-order valence-corrected chi connectivity index (χ3v) is 4.10. The predicted octanol–water partition coefficient (Wildman–Crippen LogP) is 2.57. The van der Waals surface area contributed by atoms with E-state index in [2.05, 4.69) is 22.1 Å². The molecule has 0 saturated carbocycles. The number of carbonyl (C=O) groups is 1. The Hall–Kier alpha value is -2.23. The van der Waals surface area contributed by atoms with Gasteiger partial charge in [-0.1, -0.05) is 0 Å². The number of aromatic nitrogens is 2. The number of nitrogens with zero attached hydrogens (tertiary/aromatic N) is 3. The maximum Gasteiger partial charge on any atom is 0.253 e. The summed E-state index contributed by atoms with van der Waals surface area (Å²) in [7, 11) is 0. The molecule has 0 aromatic carbocycles. The molecule has 0 radical (unpaired) electrons. The highest BCUT2D eigenvalue weighted by Gasteiger charge is 2.23. The van der Waals surface area contributed by atoms with Crippen molar-refractivity contribution in [2.24, 2.45) is 5.92 Å². The maximum atomic E-state index is 12.4. The fraction of sp³-hybridized carbons (Fsp3) is 0.353. The molecule has 0 bridgehead atoms. The summed E-state index contributed by atoms with van der Waals surface area (Å²) >= 11 is 0. The van der Waals surface area contributed by atoms with E-state index in [1.54, 1.807) is 24.5 Å². The number of likely N-dealkylation sites (tertiary alicyclic amines) is 1. The van der Waals surface area contributed by atoms with Crippen LogP contribution in [0.1, 0.15) is 28.8 Å². The number of piperidine rings is 1. The number of amides is 1. The molecular formula is C17H19N3O. The molecule has 1 aliphatic heterocycles. The van der Waals surface area contributed by atoms with E-state index in [-0.39, 0.29) is 5.91 Å². The molecule has 108 valence electrons. The highest BCUT2D eigenvalue weighted by Crippen LogP contribution is 2.22. The lowest BCUT2D eigenvalue weighted by Gasteiger charge is -2.32. The first-order valence-corrected chi connectivity index (χ1v) is 7.41. The lowest BCUT2D eigenvalue weighted by Crippen LogP contribution is -2.38. The van der Waals surface area contributed by atoms with E-state index in [1.165, 1.54) is 5.56 Å². The fourth-order valence-electron chi connectivity index (χ4n) is 2.87. The average Bonchev–Trinajstić information content (AvgIpc) is 2.57. The van der Waals surface area contributed by atoms with Crippen LogP contribution in [0.2, 0.25) is 0 Å². The summed E-state index contributed by atoms with van der Waals surface area (Å²) in [5, 5.41) is 0. The smallest absolute Gasteiger partial charge is 0.253 e. The Labute approximate surface area is 124 Å². The number of hydrogen-bond acceptors (Lipinski definition) is 3. The Morgan fingerprint density at radius 2 is 1.57 bits per heavy atom. The lowest BCUT2D eigenvalue weighted by molar-refractivity contribution is 0.0690. The number of pyridine rings is 2. The Balaban J connectivity index is 1.54. The zero-order valence-electron chi connectivity index (χ0n) is 12.0. The van der Waals surface area contributed by atoms with E-state index in [0.717, 1.165) is 37.9 Å². The number of carbonyl (C=O) groups excluding carboxylic acids is 1. The van der Waals surface area contributed by atoms with Crippen molar-refractivity contribution < 1.29 is 4.79 Å². The normalized spacial score (nSPS) is 15.9. The van der Waals surface area contributed by atoms with Crippen LogP contribution in [0.4, 0.5) is 0 Å². The summed E-state index contributed by atoms with van der Waals surface area (Å²) in [5.41, 5.74) is 2.07. The van der Waals surface area contributed by atoms with Crippen molar-refractivity contribution in [1.29, 1.82) is 0 Å². The van der Waals surface area contributed by atoms with Gasteiger partial charge in [0.15, 0.2) is 0 Å². The first kappa shape index (κ1) is 13.7. The number of rotatable bonds is 3. The molecule has 2 aromatic rings. The van der Waals surface area contributed by atoms with E-state index in [9.17, 15) is 4.79 Å². The van der Waals surface area contributed by atoms with Crippen molar-refractivity contribution in [3.05, 3.63) is 60.2 Å². The largest absolute Gasteiger partial charge is 0.339 e. The molecule has 4 nitrogen and oxygen atoms in total. The van der Waals surface area contributed by atoms with Gasteiger partial charge in [0.2, 0.25) is 0 Å². The van der Waals surface area contributed by atoms with Gasteiger partial charge in [-0.2, -0.15) is 0 Å². The minimum atomic E-state index is 0.125. The van der Waals surface area contributed by atoms with Gasteiger partial charge in [-0.3, -0.25) is 14.8 Å². The van der Waals surface area contributed by atoms with Crippen LogP contribution in [0.5, 0.6) is 0 Å². The van der Waals surface area contributed by atoms with Crippen LogP contribution in [-0.4, -0.2) is 33.9 Å².